The number of nitrogens with two attached hydrogens (primary N) is 1. The van der Waals surface area contributed by atoms with Gasteiger partial charge in [0.15, 0.2) is 23.3 Å². The van der Waals surface area contributed by atoms with Crippen LogP contribution in [0, 0.1) is 11.6 Å². The second-order valence-corrected chi connectivity index (χ2v) is 4.96. The number of anilines is 2. The fourth-order valence-electron chi connectivity index (χ4n) is 2.14. The molecule has 1 saturated heterocycles. The monoisotopic (exact) mass is 271 g/mol. The largest absolute Gasteiger partial charge is 0.381 e. The van der Waals surface area contributed by atoms with Crippen molar-refractivity contribution in [3.05, 3.63) is 17.7 Å². The van der Waals surface area contributed by atoms with E-state index in [2.05, 4.69) is 27.1 Å². The number of likely N-dealkylation sites (N-methyl/N-ethyl adjacent to an activating group) is 2. The highest BCUT2D eigenvalue weighted by atomic mass is 19.1. The third kappa shape index (κ3) is 3.30. The molecular formula is C12H19F2N5. The number of rotatable bonds is 3. The van der Waals surface area contributed by atoms with Crippen LogP contribution >= 0.6 is 0 Å². The topological polar surface area (TPSA) is 57.4 Å². The Kier molecular flexibility index (Phi) is 4.16. The molecule has 2 rings (SSSR count). The number of hydrogen-bond acceptors (Lipinski definition) is 5. The first-order chi connectivity index (χ1) is 8.97. The van der Waals surface area contributed by atoms with Crippen LogP contribution in [0.4, 0.5) is 20.4 Å². The number of piperazine rings is 1. The van der Waals surface area contributed by atoms with Crippen LogP contribution in [0.2, 0.25) is 0 Å². The van der Waals surface area contributed by atoms with Gasteiger partial charge >= 0.3 is 0 Å². The minimum Gasteiger partial charge on any atom is -0.381 e. The van der Waals surface area contributed by atoms with Gasteiger partial charge in [-0.2, -0.15) is 0 Å². The predicted octanol–water partition coefficient (Wildman–Crippen LogP) is 0.600. The van der Waals surface area contributed by atoms with Crippen LogP contribution in [0.1, 0.15) is 0 Å². The van der Waals surface area contributed by atoms with Crippen LogP contribution in [0.25, 0.3) is 0 Å². The summed E-state index contributed by atoms with van der Waals surface area (Å²) in [7, 11) is 4.08. The minimum absolute atomic E-state index is 0.000488. The van der Waals surface area contributed by atoms with Crippen molar-refractivity contribution in [2.75, 3.05) is 51.3 Å². The van der Waals surface area contributed by atoms with Crippen molar-refractivity contribution in [2.24, 2.45) is 0 Å². The average Bonchev–Trinajstić information content (AvgIpc) is 2.36. The van der Waals surface area contributed by atoms with E-state index in [0.717, 1.165) is 25.7 Å². The summed E-state index contributed by atoms with van der Waals surface area (Å²) in [6, 6.07) is 1.01. The number of nitrogen functional groups attached to an aromatic ring is 1. The molecule has 1 fully saturated rings. The van der Waals surface area contributed by atoms with E-state index >= 15 is 0 Å². The Morgan fingerprint density at radius 2 is 2.11 bits per heavy atom. The molecule has 1 aromatic rings. The van der Waals surface area contributed by atoms with Crippen molar-refractivity contribution in [1.29, 1.82) is 0 Å². The molecule has 1 atom stereocenters. The Balaban J connectivity index is 2.00. The lowest BCUT2D eigenvalue weighted by Crippen LogP contribution is -2.52. The van der Waals surface area contributed by atoms with Gasteiger partial charge in [-0.1, -0.05) is 0 Å². The van der Waals surface area contributed by atoms with Gasteiger partial charge in [0.05, 0.1) is 0 Å². The van der Waals surface area contributed by atoms with E-state index in [1.165, 1.54) is 0 Å². The van der Waals surface area contributed by atoms with Crippen LogP contribution in [-0.4, -0.2) is 61.1 Å². The molecule has 0 aromatic carbocycles. The van der Waals surface area contributed by atoms with Gasteiger partial charge in [0.1, 0.15) is 0 Å². The molecule has 3 N–H and O–H groups in total. The number of hydrogen-bond donors (Lipinski definition) is 2. The Bertz CT molecular complexity index is 454. The lowest BCUT2D eigenvalue weighted by atomic mass is 10.2. The molecule has 1 unspecified atom stereocenters. The second kappa shape index (κ2) is 5.66. The summed E-state index contributed by atoms with van der Waals surface area (Å²) in [5, 5.41) is 2.90. The van der Waals surface area contributed by atoms with Crippen LogP contribution in [-0.2, 0) is 0 Å². The molecular weight excluding hydrogens is 252 g/mol. The van der Waals surface area contributed by atoms with E-state index in [1.807, 2.05) is 7.05 Å². The molecule has 1 aliphatic rings. The van der Waals surface area contributed by atoms with E-state index in [-0.39, 0.29) is 17.7 Å². The summed E-state index contributed by atoms with van der Waals surface area (Å²) >= 11 is 0. The molecule has 19 heavy (non-hydrogen) atoms. The Labute approximate surface area is 111 Å². The van der Waals surface area contributed by atoms with Gasteiger partial charge in [-0.05, 0) is 14.1 Å². The first kappa shape index (κ1) is 14.0. The quantitative estimate of drug-likeness (QED) is 0.843. The van der Waals surface area contributed by atoms with Gasteiger partial charge in [-0.3, -0.25) is 4.90 Å². The van der Waals surface area contributed by atoms with Gasteiger partial charge < -0.3 is 16.0 Å². The molecule has 2 heterocycles. The molecule has 0 radical (unpaired) electrons. The van der Waals surface area contributed by atoms with Gasteiger partial charge in [0.25, 0.3) is 0 Å². The summed E-state index contributed by atoms with van der Waals surface area (Å²) in [5.41, 5.74) is 5.34. The number of nitrogens with one attached hydrogen (secondary N) is 1. The standard InChI is InChI=1S/C12H19F2N5/c1-18-3-4-19(2)8(7-18)6-16-12-10(14)5-9(13)11(15)17-12/h5,8H,3-4,6-7H2,1-2H3,(H3,15,16,17). The maximum atomic E-state index is 13.5. The third-order valence-electron chi connectivity index (χ3n) is 3.44. The molecule has 1 aliphatic heterocycles. The number of aromatic nitrogens is 1. The fourth-order valence-corrected chi connectivity index (χ4v) is 2.14. The first-order valence-electron chi connectivity index (χ1n) is 6.21. The molecule has 106 valence electrons. The zero-order chi connectivity index (χ0) is 14.0. The fraction of sp³-hybridized carbons (Fsp3) is 0.583. The zero-order valence-corrected chi connectivity index (χ0v) is 11.2. The van der Waals surface area contributed by atoms with E-state index in [1.54, 1.807) is 0 Å². The lowest BCUT2D eigenvalue weighted by molar-refractivity contribution is 0.121. The highest BCUT2D eigenvalue weighted by Gasteiger charge is 2.22. The van der Waals surface area contributed by atoms with Crippen molar-refractivity contribution >= 4 is 11.6 Å². The minimum atomic E-state index is -0.836. The van der Waals surface area contributed by atoms with Crippen LogP contribution in [0.3, 0.4) is 0 Å². The highest BCUT2D eigenvalue weighted by molar-refractivity contribution is 5.44. The Hall–Kier alpha value is -1.47. The summed E-state index contributed by atoms with van der Waals surface area (Å²) in [5.74, 6) is -1.85. The molecule has 1 aromatic heterocycles. The summed E-state index contributed by atoms with van der Waals surface area (Å²) in [6.45, 7) is 3.41. The predicted molar refractivity (Wildman–Crippen MR) is 71.0 cm³/mol. The van der Waals surface area contributed by atoms with Gasteiger partial charge in [-0.25, -0.2) is 13.8 Å². The number of pyridine rings is 1. The van der Waals surface area contributed by atoms with Gasteiger partial charge in [0.2, 0.25) is 0 Å². The lowest BCUT2D eigenvalue weighted by Gasteiger charge is -2.37. The zero-order valence-electron chi connectivity index (χ0n) is 11.2. The molecule has 0 bridgehead atoms. The molecule has 0 spiro atoms. The van der Waals surface area contributed by atoms with E-state index in [0.29, 0.717) is 6.54 Å². The van der Waals surface area contributed by atoms with E-state index in [9.17, 15) is 8.78 Å². The Morgan fingerprint density at radius 1 is 1.37 bits per heavy atom. The normalized spacial score (nSPS) is 21.6. The Morgan fingerprint density at radius 3 is 2.84 bits per heavy atom. The summed E-state index contributed by atoms with van der Waals surface area (Å²) in [6.07, 6.45) is 0. The van der Waals surface area contributed by atoms with E-state index in [4.69, 9.17) is 5.73 Å². The highest BCUT2D eigenvalue weighted by Crippen LogP contribution is 2.17. The van der Waals surface area contributed by atoms with Gasteiger partial charge in [-0.15, -0.1) is 0 Å². The molecule has 5 nitrogen and oxygen atoms in total. The number of halogens is 2. The van der Waals surface area contributed by atoms with Crippen molar-refractivity contribution in [1.82, 2.24) is 14.8 Å². The van der Waals surface area contributed by atoms with E-state index < -0.39 is 11.6 Å². The van der Waals surface area contributed by atoms with Crippen molar-refractivity contribution in [3.63, 3.8) is 0 Å². The molecule has 0 aliphatic carbocycles. The first-order valence-corrected chi connectivity index (χ1v) is 6.21. The average molecular weight is 271 g/mol. The molecule has 0 saturated carbocycles. The smallest absolute Gasteiger partial charge is 0.168 e. The van der Waals surface area contributed by atoms with Crippen LogP contribution in [0.15, 0.2) is 6.07 Å². The van der Waals surface area contributed by atoms with Crippen molar-refractivity contribution in [2.45, 2.75) is 6.04 Å². The van der Waals surface area contributed by atoms with Crippen LogP contribution < -0.4 is 11.1 Å². The molecule has 0 amide bonds. The van der Waals surface area contributed by atoms with Crippen molar-refractivity contribution in [3.8, 4) is 0 Å². The SMILES string of the molecule is CN1CCN(C)C(CNc2nc(N)c(F)cc2F)C1. The third-order valence-corrected chi connectivity index (χ3v) is 3.44. The second-order valence-electron chi connectivity index (χ2n) is 4.96. The summed E-state index contributed by atoms with van der Waals surface area (Å²) in [4.78, 5) is 8.11. The van der Waals surface area contributed by atoms with Crippen LogP contribution in [0.5, 0.6) is 0 Å². The maximum absolute atomic E-state index is 13.5. The number of nitrogens with zero attached hydrogens (tertiary/aromatic N) is 3. The van der Waals surface area contributed by atoms with Gasteiger partial charge in [0, 0.05) is 38.3 Å². The molecule has 7 heteroatoms. The maximum Gasteiger partial charge on any atom is 0.168 e. The van der Waals surface area contributed by atoms with Crippen molar-refractivity contribution < 1.29 is 8.78 Å². The summed E-state index contributed by atoms with van der Waals surface area (Å²) < 4.78 is 26.5.